The van der Waals surface area contributed by atoms with Crippen molar-refractivity contribution in [3.8, 4) is 0 Å². The molecule has 3 nitrogen and oxygen atoms in total. The molecule has 1 aromatic rings. The summed E-state index contributed by atoms with van der Waals surface area (Å²) >= 11 is 0. The molecular formula is C7H9ClF3N3. The number of pyridine rings is 1. The van der Waals surface area contributed by atoms with Crippen molar-refractivity contribution in [1.82, 2.24) is 4.98 Å². The van der Waals surface area contributed by atoms with E-state index in [-0.39, 0.29) is 18.1 Å². The van der Waals surface area contributed by atoms with E-state index in [0.717, 1.165) is 6.07 Å². The quantitative estimate of drug-likeness (QED) is 0.773. The first-order valence-corrected chi connectivity index (χ1v) is 3.45. The summed E-state index contributed by atoms with van der Waals surface area (Å²) < 4.78 is 36.7. The number of halogens is 4. The fourth-order valence-electron chi connectivity index (χ4n) is 0.839. The van der Waals surface area contributed by atoms with Crippen LogP contribution < -0.4 is 11.1 Å². The van der Waals surface area contributed by atoms with Crippen molar-refractivity contribution >= 4 is 23.9 Å². The van der Waals surface area contributed by atoms with Gasteiger partial charge in [-0.15, -0.1) is 12.4 Å². The summed E-state index contributed by atoms with van der Waals surface area (Å²) in [7, 11) is 1.51. The van der Waals surface area contributed by atoms with E-state index >= 15 is 0 Å². The maximum Gasteiger partial charge on any atom is 0.420 e. The minimum atomic E-state index is -4.45. The van der Waals surface area contributed by atoms with Crippen LogP contribution in [-0.2, 0) is 6.18 Å². The van der Waals surface area contributed by atoms with Gasteiger partial charge in [0.2, 0.25) is 0 Å². The normalized spacial score (nSPS) is 10.6. The van der Waals surface area contributed by atoms with Gasteiger partial charge in [0.05, 0.1) is 17.4 Å². The summed E-state index contributed by atoms with van der Waals surface area (Å²) in [4.78, 5) is 3.41. The Kier molecular flexibility index (Phi) is 4.00. The molecule has 0 radical (unpaired) electrons. The van der Waals surface area contributed by atoms with Crippen LogP contribution in [-0.4, -0.2) is 12.0 Å². The maximum atomic E-state index is 12.2. The zero-order valence-corrected chi connectivity index (χ0v) is 8.04. The highest BCUT2D eigenvalue weighted by Gasteiger charge is 2.33. The topological polar surface area (TPSA) is 50.9 Å². The van der Waals surface area contributed by atoms with Crippen LogP contribution in [0.15, 0.2) is 12.3 Å². The van der Waals surface area contributed by atoms with Gasteiger partial charge in [0.25, 0.3) is 0 Å². The van der Waals surface area contributed by atoms with E-state index in [4.69, 9.17) is 5.73 Å². The van der Waals surface area contributed by atoms with E-state index in [1.807, 2.05) is 0 Å². The standard InChI is InChI=1S/C7H8F3N3.ClH/c1-12-4-2-5(7(8,9)10)6(11)13-3-4;/h2-3,12H,1H3,(H2,11,13);1H. The predicted molar refractivity (Wildman–Crippen MR) is 50.4 cm³/mol. The highest BCUT2D eigenvalue weighted by Crippen LogP contribution is 2.33. The van der Waals surface area contributed by atoms with E-state index < -0.39 is 17.6 Å². The van der Waals surface area contributed by atoms with Crippen molar-refractivity contribution in [2.75, 3.05) is 18.1 Å². The molecule has 0 bridgehead atoms. The second kappa shape index (κ2) is 4.36. The molecule has 0 aliphatic rings. The molecule has 0 spiro atoms. The smallest absolute Gasteiger partial charge is 0.387 e. The van der Waals surface area contributed by atoms with Gasteiger partial charge in [-0.2, -0.15) is 13.2 Å². The van der Waals surface area contributed by atoms with E-state index in [9.17, 15) is 13.2 Å². The molecule has 1 rings (SSSR count). The third-order valence-corrected chi connectivity index (χ3v) is 1.51. The Bertz CT molecular complexity index is 314. The van der Waals surface area contributed by atoms with Crippen LogP contribution in [0.2, 0.25) is 0 Å². The Balaban J connectivity index is 0.00000169. The van der Waals surface area contributed by atoms with Crippen molar-refractivity contribution in [2.24, 2.45) is 0 Å². The molecule has 0 amide bonds. The second-order valence-electron chi connectivity index (χ2n) is 2.40. The van der Waals surface area contributed by atoms with Gasteiger partial charge in [0.15, 0.2) is 0 Å². The van der Waals surface area contributed by atoms with Gasteiger partial charge >= 0.3 is 6.18 Å². The highest BCUT2D eigenvalue weighted by molar-refractivity contribution is 5.85. The molecule has 0 fully saturated rings. The Labute approximate surface area is 84.9 Å². The molecule has 0 aliphatic carbocycles. The van der Waals surface area contributed by atoms with E-state index in [1.165, 1.54) is 13.2 Å². The van der Waals surface area contributed by atoms with Crippen LogP contribution in [0.3, 0.4) is 0 Å². The number of nitrogens with two attached hydrogens (primary N) is 1. The van der Waals surface area contributed by atoms with E-state index in [0.29, 0.717) is 0 Å². The summed E-state index contributed by atoms with van der Waals surface area (Å²) in [6.07, 6.45) is -3.21. The van der Waals surface area contributed by atoms with Gasteiger partial charge in [-0.3, -0.25) is 0 Å². The number of hydrogen-bond acceptors (Lipinski definition) is 3. The predicted octanol–water partition coefficient (Wildman–Crippen LogP) is 2.15. The first-order chi connectivity index (χ1) is 5.95. The maximum absolute atomic E-state index is 12.2. The first-order valence-electron chi connectivity index (χ1n) is 3.45. The fourth-order valence-corrected chi connectivity index (χ4v) is 0.839. The zero-order valence-electron chi connectivity index (χ0n) is 7.22. The SMILES string of the molecule is CNc1cnc(N)c(C(F)(F)F)c1.Cl. The monoisotopic (exact) mass is 227 g/mol. The lowest BCUT2D eigenvalue weighted by atomic mass is 10.2. The van der Waals surface area contributed by atoms with Crippen LogP contribution >= 0.6 is 12.4 Å². The molecule has 14 heavy (non-hydrogen) atoms. The lowest BCUT2D eigenvalue weighted by Crippen LogP contribution is -2.10. The fraction of sp³-hybridized carbons (Fsp3) is 0.286. The van der Waals surface area contributed by atoms with Gasteiger partial charge in [-0.25, -0.2) is 4.98 Å². The van der Waals surface area contributed by atoms with Gasteiger partial charge in [-0.1, -0.05) is 0 Å². The van der Waals surface area contributed by atoms with Gasteiger partial charge in [0, 0.05) is 7.05 Å². The van der Waals surface area contributed by atoms with Crippen LogP contribution in [0.5, 0.6) is 0 Å². The number of anilines is 2. The Morgan fingerprint density at radius 1 is 1.43 bits per heavy atom. The number of hydrogen-bond donors (Lipinski definition) is 2. The van der Waals surface area contributed by atoms with E-state index in [1.54, 1.807) is 0 Å². The van der Waals surface area contributed by atoms with Crippen LogP contribution in [0.1, 0.15) is 5.56 Å². The molecular weight excluding hydrogens is 219 g/mol. The molecule has 0 atom stereocenters. The Morgan fingerprint density at radius 2 is 2.00 bits per heavy atom. The first kappa shape index (κ1) is 12.8. The van der Waals surface area contributed by atoms with Crippen molar-refractivity contribution in [1.29, 1.82) is 0 Å². The van der Waals surface area contributed by atoms with Gasteiger partial charge < -0.3 is 11.1 Å². The summed E-state index contributed by atoms with van der Waals surface area (Å²) in [5.41, 5.74) is 4.43. The average molecular weight is 228 g/mol. The molecule has 0 saturated heterocycles. The molecule has 0 saturated carbocycles. The third kappa shape index (κ3) is 2.66. The van der Waals surface area contributed by atoms with Crippen molar-refractivity contribution in [3.05, 3.63) is 17.8 Å². The molecule has 0 aliphatic heterocycles. The minimum absolute atomic E-state index is 0. The minimum Gasteiger partial charge on any atom is -0.387 e. The Hall–Kier alpha value is -1.17. The van der Waals surface area contributed by atoms with Gasteiger partial charge in [0.1, 0.15) is 5.82 Å². The van der Waals surface area contributed by atoms with Crippen molar-refractivity contribution in [2.45, 2.75) is 6.18 Å². The second-order valence-corrected chi connectivity index (χ2v) is 2.40. The van der Waals surface area contributed by atoms with Gasteiger partial charge in [-0.05, 0) is 6.07 Å². The number of rotatable bonds is 1. The van der Waals surface area contributed by atoms with E-state index in [2.05, 4.69) is 10.3 Å². The van der Waals surface area contributed by atoms with Crippen molar-refractivity contribution in [3.63, 3.8) is 0 Å². The molecule has 80 valence electrons. The number of nitrogen functional groups attached to an aromatic ring is 1. The number of alkyl halides is 3. The van der Waals surface area contributed by atoms with Crippen LogP contribution in [0.4, 0.5) is 24.7 Å². The molecule has 1 aromatic heterocycles. The van der Waals surface area contributed by atoms with Crippen LogP contribution in [0.25, 0.3) is 0 Å². The summed E-state index contributed by atoms with van der Waals surface area (Å²) in [5.74, 6) is -0.508. The highest BCUT2D eigenvalue weighted by atomic mass is 35.5. The zero-order chi connectivity index (χ0) is 10.1. The third-order valence-electron chi connectivity index (χ3n) is 1.51. The molecule has 1 heterocycles. The van der Waals surface area contributed by atoms with Crippen molar-refractivity contribution < 1.29 is 13.2 Å². The molecule has 0 aromatic carbocycles. The molecule has 3 N–H and O–H groups in total. The summed E-state index contributed by atoms with van der Waals surface area (Å²) in [5, 5.41) is 2.55. The van der Waals surface area contributed by atoms with Crippen LogP contribution in [0, 0.1) is 0 Å². The molecule has 7 heteroatoms. The number of aromatic nitrogens is 1. The average Bonchev–Trinajstić information content (AvgIpc) is 2.03. The lowest BCUT2D eigenvalue weighted by Gasteiger charge is -2.10. The lowest BCUT2D eigenvalue weighted by molar-refractivity contribution is -0.137. The Morgan fingerprint density at radius 3 is 2.43 bits per heavy atom. The number of nitrogens with zero attached hydrogens (tertiary/aromatic N) is 1. The summed E-state index contributed by atoms with van der Waals surface area (Å²) in [6, 6.07) is 0.919. The largest absolute Gasteiger partial charge is 0.420 e. The molecule has 0 unspecified atom stereocenters. The summed E-state index contributed by atoms with van der Waals surface area (Å²) in [6.45, 7) is 0. The number of nitrogens with one attached hydrogen (secondary N) is 1.